The van der Waals surface area contributed by atoms with Crippen molar-refractivity contribution in [2.45, 2.75) is 38.6 Å². The van der Waals surface area contributed by atoms with E-state index < -0.39 is 0 Å². The van der Waals surface area contributed by atoms with Crippen molar-refractivity contribution in [1.82, 2.24) is 5.32 Å². The maximum Gasteiger partial charge on any atom is 0.0579 e. The molecule has 1 atom stereocenters. The molecule has 2 aromatic carbocycles. The van der Waals surface area contributed by atoms with Crippen LogP contribution in [-0.4, -0.2) is 6.54 Å². The van der Waals surface area contributed by atoms with E-state index in [-0.39, 0.29) is 0 Å². The Hall–Kier alpha value is -1.60. The Morgan fingerprint density at radius 1 is 1.00 bits per heavy atom. The first-order valence-corrected chi connectivity index (χ1v) is 8.18. The van der Waals surface area contributed by atoms with Crippen LogP contribution in [-0.2, 0) is 0 Å². The topological polar surface area (TPSA) is 12.0 Å². The zero-order valence-corrected chi connectivity index (χ0v) is 12.9. The number of hydrogen-bond acceptors (Lipinski definition) is 1. The summed E-state index contributed by atoms with van der Waals surface area (Å²) in [7, 11) is 0. The number of benzene rings is 2. The Morgan fingerprint density at radius 2 is 1.71 bits per heavy atom. The van der Waals surface area contributed by atoms with E-state index in [4.69, 9.17) is 0 Å². The molecule has 0 radical (unpaired) electrons. The highest BCUT2D eigenvalue weighted by Gasteiger charge is 2.19. The maximum atomic E-state index is 3.79. The van der Waals surface area contributed by atoms with Gasteiger partial charge in [0.15, 0.2) is 0 Å². The van der Waals surface area contributed by atoms with E-state index in [1.54, 1.807) is 0 Å². The van der Waals surface area contributed by atoms with E-state index in [9.17, 15) is 0 Å². The first-order chi connectivity index (χ1) is 10.3. The first-order valence-electron chi connectivity index (χ1n) is 8.18. The number of rotatable bonds is 6. The Kier molecular flexibility index (Phi) is 4.72. The molecular formula is C20H25N. The second-order valence-corrected chi connectivity index (χ2v) is 6.24. The highest BCUT2D eigenvalue weighted by atomic mass is 14.9. The monoisotopic (exact) mass is 279 g/mol. The van der Waals surface area contributed by atoms with Gasteiger partial charge in [0.2, 0.25) is 0 Å². The van der Waals surface area contributed by atoms with Crippen LogP contribution in [0, 0.1) is 12.8 Å². The van der Waals surface area contributed by atoms with Crippen molar-refractivity contribution in [2.24, 2.45) is 5.92 Å². The molecule has 21 heavy (non-hydrogen) atoms. The number of aryl methyl sites for hydroxylation is 1. The second-order valence-electron chi connectivity index (χ2n) is 6.24. The van der Waals surface area contributed by atoms with Gasteiger partial charge in [-0.15, -0.1) is 0 Å². The minimum absolute atomic E-state index is 0.312. The molecule has 0 saturated heterocycles. The van der Waals surface area contributed by atoms with Crippen molar-refractivity contribution in [1.29, 1.82) is 0 Å². The van der Waals surface area contributed by atoms with Crippen LogP contribution in [0.3, 0.4) is 0 Å². The summed E-state index contributed by atoms with van der Waals surface area (Å²) >= 11 is 0. The van der Waals surface area contributed by atoms with Gasteiger partial charge >= 0.3 is 0 Å². The van der Waals surface area contributed by atoms with Crippen LogP contribution in [0.4, 0.5) is 0 Å². The molecule has 1 nitrogen and oxygen atoms in total. The maximum absolute atomic E-state index is 3.79. The van der Waals surface area contributed by atoms with E-state index in [1.165, 1.54) is 42.4 Å². The lowest BCUT2D eigenvalue weighted by Gasteiger charge is -2.27. The molecule has 0 aromatic heterocycles. The lowest BCUT2D eigenvalue weighted by atomic mass is 9.83. The molecule has 1 saturated carbocycles. The Labute approximate surface area is 128 Å². The van der Waals surface area contributed by atoms with E-state index >= 15 is 0 Å². The lowest BCUT2D eigenvalue weighted by Crippen LogP contribution is -2.27. The average Bonchev–Trinajstić information content (AvgIpc) is 2.48. The van der Waals surface area contributed by atoms with Gasteiger partial charge in [-0.25, -0.2) is 0 Å². The molecule has 2 aromatic rings. The van der Waals surface area contributed by atoms with E-state index in [2.05, 4.69) is 66.8 Å². The third-order valence-electron chi connectivity index (χ3n) is 4.76. The minimum atomic E-state index is 0.312. The predicted octanol–water partition coefficient (Wildman–Crippen LogP) is 4.86. The molecule has 0 bridgehead atoms. The summed E-state index contributed by atoms with van der Waals surface area (Å²) in [6, 6.07) is 19.9. The molecule has 1 heteroatoms. The van der Waals surface area contributed by atoms with Gasteiger partial charge in [0, 0.05) is 0 Å². The Balaban J connectivity index is 1.76. The highest BCUT2D eigenvalue weighted by Crippen LogP contribution is 2.30. The predicted molar refractivity (Wildman–Crippen MR) is 89.4 cm³/mol. The van der Waals surface area contributed by atoms with Crippen molar-refractivity contribution >= 4 is 0 Å². The Bertz CT molecular complexity index is 557. The minimum Gasteiger partial charge on any atom is -0.306 e. The fraction of sp³-hybridized carbons (Fsp3) is 0.400. The summed E-state index contributed by atoms with van der Waals surface area (Å²) < 4.78 is 0. The molecule has 1 fully saturated rings. The zero-order valence-electron chi connectivity index (χ0n) is 12.9. The molecule has 1 unspecified atom stereocenters. The van der Waals surface area contributed by atoms with Gasteiger partial charge in [-0.1, -0.05) is 73.9 Å². The fourth-order valence-corrected chi connectivity index (χ4v) is 3.18. The smallest absolute Gasteiger partial charge is 0.0579 e. The summed E-state index contributed by atoms with van der Waals surface area (Å²) in [5, 5.41) is 3.79. The SMILES string of the molecule is Cc1ccccc1C(NCCC1CCC1)c1ccccc1. The van der Waals surface area contributed by atoms with Crippen LogP contribution in [0.15, 0.2) is 54.6 Å². The summed E-state index contributed by atoms with van der Waals surface area (Å²) in [6.45, 7) is 3.32. The number of nitrogens with one attached hydrogen (secondary N) is 1. The van der Waals surface area contributed by atoms with E-state index in [1.807, 2.05) is 0 Å². The van der Waals surface area contributed by atoms with Crippen molar-refractivity contribution in [3.63, 3.8) is 0 Å². The molecule has 0 spiro atoms. The molecule has 1 aliphatic rings. The van der Waals surface area contributed by atoms with Crippen LogP contribution in [0.2, 0.25) is 0 Å². The third kappa shape index (κ3) is 3.54. The first kappa shape index (κ1) is 14.3. The van der Waals surface area contributed by atoms with E-state index in [0.717, 1.165) is 12.5 Å². The van der Waals surface area contributed by atoms with Crippen molar-refractivity contribution in [3.05, 3.63) is 71.3 Å². The van der Waals surface area contributed by atoms with E-state index in [0.29, 0.717) is 6.04 Å². The fourth-order valence-electron chi connectivity index (χ4n) is 3.18. The largest absolute Gasteiger partial charge is 0.306 e. The molecule has 0 heterocycles. The molecule has 1 N–H and O–H groups in total. The summed E-state index contributed by atoms with van der Waals surface area (Å²) in [5.74, 6) is 0.964. The normalized spacial score (nSPS) is 16.4. The van der Waals surface area contributed by atoms with Gasteiger partial charge in [-0.3, -0.25) is 0 Å². The van der Waals surface area contributed by atoms with Crippen molar-refractivity contribution in [2.75, 3.05) is 6.54 Å². The lowest BCUT2D eigenvalue weighted by molar-refractivity contribution is 0.289. The quantitative estimate of drug-likeness (QED) is 0.796. The van der Waals surface area contributed by atoms with Crippen LogP contribution in [0.5, 0.6) is 0 Å². The molecule has 1 aliphatic carbocycles. The van der Waals surface area contributed by atoms with Crippen LogP contribution >= 0.6 is 0 Å². The standard InChI is InChI=1S/C20H25N/c1-16-8-5-6-13-19(16)20(18-11-3-2-4-12-18)21-15-14-17-9-7-10-17/h2-6,8,11-13,17,20-21H,7,9-10,14-15H2,1H3. The van der Waals surface area contributed by atoms with Crippen molar-refractivity contribution in [3.8, 4) is 0 Å². The molecule has 0 aliphatic heterocycles. The summed E-state index contributed by atoms with van der Waals surface area (Å²) in [4.78, 5) is 0. The second kappa shape index (κ2) is 6.91. The average molecular weight is 279 g/mol. The van der Waals surface area contributed by atoms with Crippen LogP contribution in [0.1, 0.15) is 48.4 Å². The molecule has 3 rings (SSSR count). The van der Waals surface area contributed by atoms with Gasteiger partial charge in [0.05, 0.1) is 6.04 Å². The number of hydrogen-bond donors (Lipinski definition) is 1. The van der Waals surface area contributed by atoms with Crippen LogP contribution < -0.4 is 5.32 Å². The molecular weight excluding hydrogens is 254 g/mol. The van der Waals surface area contributed by atoms with Gasteiger partial charge < -0.3 is 5.32 Å². The Morgan fingerprint density at radius 3 is 2.38 bits per heavy atom. The molecule has 110 valence electrons. The third-order valence-corrected chi connectivity index (χ3v) is 4.76. The summed E-state index contributed by atoms with van der Waals surface area (Å²) in [6.07, 6.45) is 5.61. The van der Waals surface area contributed by atoms with Gasteiger partial charge in [-0.05, 0) is 42.5 Å². The highest BCUT2D eigenvalue weighted by molar-refractivity contribution is 5.36. The van der Waals surface area contributed by atoms with Crippen LogP contribution in [0.25, 0.3) is 0 Å². The summed E-state index contributed by atoms with van der Waals surface area (Å²) in [5.41, 5.74) is 4.13. The molecule has 0 amide bonds. The zero-order chi connectivity index (χ0) is 14.5. The van der Waals surface area contributed by atoms with Gasteiger partial charge in [0.1, 0.15) is 0 Å². The van der Waals surface area contributed by atoms with Gasteiger partial charge in [-0.2, -0.15) is 0 Å². The van der Waals surface area contributed by atoms with Crippen molar-refractivity contribution < 1.29 is 0 Å². The van der Waals surface area contributed by atoms with Gasteiger partial charge in [0.25, 0.3) is 0 Å².